The van der Waals surface area contributed by atoms with Crippen molar-refractivity contribution in [2.24, 2.45) is 5.84 Å². The van der Waals surface area contributed by atoms with Crippen molar-refractivity contribution in [3.8, 4) is 5.75 Å². The summed E-state index contributed by atoms with van der Waals surface area (Å²) in [6, 6.07) is 12.4. The van der Waals surface area contributed by atoms with Gasteiger partial charge in [0.05, 0.1) is 20.3 Å². The first-order valence-corrected chi connectivity index (χ1v) is 5.91. The molecule has 0 spiro atoms. The predicted molar refractivity (Wildman–Crippen MR) is 70.3 cm³/mol. The number of nitrogens with two attached hydrogens (primary N) is 1. The summed E-state index contributed by atoms with van der Waals surface area (Å²) in [6.07, 6.45) is 0. The largest absolute Gasteiger partial charge is 0.497 e. The van der Waals surface area contributed by atoms with Crippen molar-refractivity contribution >= 4 is 10.8 Å². The fraction of sp³-hybridized carbons (Fsp3) is 0.286. The standard InChI is InChI=1S/C14H16N2O2/c1-17-13-5-3-10-6-12(4-2-11(10)7-13)14(16-15)8-18-9-14/h2-7,16H,8-9,15H2,1H3. The number of hydrazine groups is 1. The molecule has 0 aliphatic carbocycles. The maximum absolute atomic E-state index is 5.64. The summed E-state index contributed by atoms with van der Waals surface area (Å²) in [5.41, 5.74) is 3.80. The summed E-state index contributed by atoms with van der Waals surface area (Å²) in [5.74, 6) is 6.51. The number of benzene rings is 2. The molecular weight excluding hydrogens is 228 g/mol. The van der Waals surface area contributed by atoms with Gasteiger partial charge in [0.1, 0.15) is 11.3 Å². The average Bonchev–Trinajstić information content (AvgIpc) is 2.37. The van der Waals surface area contributed by atoms with Crippen LogP contribution in [0.5, 0.6) is 5.75 Å². The molecule has 0 amide bonds. The van der Waals surface area contributed by atoms with Crippen molar-refractivity contribution in [3.05, 3.63) is 42.0 Å². The smallest absolute Gasteiger partial charge is 0.119 e. The Labute approximate surface area is 106 Å². The maximum atomic E-state index is 5.64. The van der Waals surface area contributed by atoms with Gasteiger partial charge in [0.2, 0.25) is 0 Å². The van der Waals surface area contributed by atoms with Crippen LogP contribution in [-0.2, 0) is 10.3 Å². The SMILES string of the molecule is COc1ccc2cc(C3(NN)COC3)ccc2c1. The number of methoxy groups -OCH3 is 1. The van der Waals surface area contributed by atoms with Crippen molar-refractivity contribution in [1.29, 1.82) is 0 Å². The minimum absolute atomic E-state index is 0.228. The number of nitrogens with one attached hydrogen (secondary N) is 1. The van der Waals surface area contributed by atoms with Gasteiger partial charge in [-0.25, -0.2) is 5.43 Å². The first-order chi connectivity index (χ1) is 8.77. The van der Waals surface area contributed by atoms with E-state index in [1.54, 1.807) is 7.11 Å². The van der Waals surface area contributed by atoms with E-state index in [-0.39, 0.29) is 5.54 Å². The second-order valence-electron chi connectivity index (χ2n) is 4.65. The quantitative estimate of drug-likeness (QED) is 0.635. The highest BCUT2D eigenvalue weighted by Gasteiger charge is 2.39. The highest BCUT2D eigenvalue weighted by Crippen LogP contribution is 2.31. The van der Waals surface area contributed by atoms with Crippen LogP contribution in [0.2, 0.25) is 0 Å². The summed E-state index contributed by atoms with van der Waals surface area (Å²) in [7, 11) is 1.68. The van der Waals surface area contributed by atoms with Crippen molar-refractivity contribution < 1.29 is 9.47 Å². The third kappa shape index (κ3) is 1.66. The summed E-state index contributed by atoms with van der Waals surface area (Å²) in [4.78, 5) is 0. The molecule has 94 valence electrons. The number of hydrogen-bond donors (Lipinski definition) is 2. The third-order valence-electron chi connectivity index (χ3n) is 3.57. The van der Waals surface area contributed by atoms with Crippen molar-refractivity contribution in [1.82, 2.24) is 5.43 Å². The number of ether oxygens (including phenoxy) is 2. The average molecular weight is 244 g/mol. The van der Waals surface area contributed by atoms with Gasteiger partial charge >= 0.3 is 0 Å². The lowest BCUT2D eigenvalue weighted by atomic mass is 9.87. The van der Waals surface area contributed by atoms with Gasteiger partial charge in [-0.15, -0.1) is 0 Å². The van der Waals surface area contributed by atoms with E-state index in [9.17, 15) is 0 Å². The Hall–Kier alpha value is -1.62. The van der Waals surface area contributed by atoms with E-state index in [2.05, 4.69) is 29.7 Å². The molecular formula is C14H16N2O2. The molecule has 3 N–H and O–H groups in total. The van der Waals surface area contributed by atoms with Crippen LogP contribution in [0.25, 0.3) is 10.8 Å². The Kier molecular flexibility index (Phi) is 2.70. The van der Waals surface area contributed by atoms with Gasteiger partial charge in [-0.2, -0.15) is 0 Å². The molecule has 0 unspecified atom stereocenters. The summed E-state index contributed by atoms with van der Waals surface area (Å²) in [6.45, 7) is 1.23. The topological polar surface area (TPSA) is 56.5 Å². The first kappa shape index (κ1) is 11.5. The van der Waals surface area contributed by atoms with Crippen LogP contribution in [0.1, 0.15) is 5.56 Å². The zero-order chi connectivity index (χ0) is 12.6. The summed E-state index contributed by atoms with van der Waals surface area (Å²) >= 11 is 0. The predicted octanol–water partition coefficient (Wildman–Crippen LogP) is 1.54. The molecule has 1 saturated heterocycles. The lowest BCUT2D eigenvalue weighted by Gasteiger charge is -2.41. The highest BCUT2D eigenvalue weighted by atomic mass is 16.5. The van der Waals surface area contributed by atoms with Gasteiger partial charge in [0.25, 0.3) is 0 Å². The van der Waals surface area contributed by atoms with Gasteiger partial charge in [-0.1, -0.05) is 18.2 Å². The van der Waals surface area contributed by atoms with E-state index >= 15 is 0 Å². The Morgan fingerprint density at radius 1 is 1.17 bits per heavy atom. The van der Waals surface area contributed by atoms with Gasteiger partial charge < -0.3 is 9.47 Å². The normalized spacial score (nSPS) is 17.4. The molecule has 0 bridgehead atoms. The number of hydrogen-bond acceptors (Lipinski definition) is 4. The molecule has 2 aromatic carbocycles. The van der Waals surface area contributed by atoms with Crippen LogP contribution in [-0.4, -0.2) is 20.3 Å². The summed E-state index contributed by atoms with van der Waals surface area (Å²) < 4.78 is 10.5. The third-order valence-corrected chi connectivity index (χ3v) is 3.57. The molecule has 1 heterocycles. The number of fused-ring (bicyclic) bond motifs is 1. The zero-order valence-electron chi connectivity index (χ0n) is 10.3. The van der Waals surface area contributed by atoms with E-state index in [0.29, 0.717) is 13.2 Å². The van der Waals surface area contributed by atoms with Crippen LogP contribution in [0.3, 0.4) is 0 Å². The van der Waals surface area contributed by atoms with Gasteiger partial charge in [0, 0.05) is 0 Å². The van der Waals surface area contributed by atoms with Crippen LogP contribution in [0.15, 0.2) is 36.4 Å². The maximum Gasteiger partial charge on any atom is 0.119 e. The monoisotopic (exact) mass is 244 g/mol. The van der Waals surface area contributed by atoms with Crippen molar-refractivity contribution in [2.45, 2.75) is 5.54 Å². The molecule has 4 nitrogen and oxygen atoms in total. The van der Waals surface area contributed by atoms with Crippen LogP contribution in [0, 0.1) is 0 Å². The van der Waals surface area contributed by atoms with Gasteiger partial charge in [-0.3, -0.25) is 5.84 Å². The van der Waals surface area contributed by atoms with E-state index in [1.807, 2.05) is 12.1 Å². The minimum atomic E-state index is -0.228. The minimum Gasteiger partial charge on any atom is -0.497 e. The molecule has 0 saturated carbocycles. The molecule has 0 radical (unpaired) electrons. The van der Waals surface area contributed by atoms with Crippen LogP contribution < -0.4 is 16.0 Å². The Balaban J connectivity index is 2.06. The lowest BCUT2D eigenvalue weighted by molar-refractivity contribution is -0.0786. The molecule has 2 aromatic rings. The fourth-order valence-electron chi connectivity index (χ4n) is 2.29. The molecule has 18 heavy (non-hydrogen) atoms. The molecule has 4 heteroatoms. The van der Waals surface area contributed by atoms with Gasteiger partial charge in [-0.05, 0) is 34.5 Å². The number of rotatable bonds is 3. The van der Waals surface area contributed by atoms with Crippen LogP contribution in [0.4, 0.5) is 0 Å². The molecule has 1 fully saturated rings. The van der Waals surface area contributed by atoms with Gasteiger partial charge in [0.15, 0.2) is 0 Å². The molecule has 1 aliphatic rings. The van der Waals surface area contributed by atoms with E-state index in [4.69, 9.17) is 15.3 Å². The zero-order valence-corrected chi connectivity index (χ0v) is 10.3. The fourth-order valence-corrected chi connectivity index (χ4v) is 2.29. The van der Waals surface area contributed by atoms with E-state index in [1.165, 1.54) is 5.39 Å². The molecule has 3 rings (SSSR count). The van der Waals surface area contributed by atoms with Crippen molar-refractivity contribution in [2.75, 3.05) is 20.3 Å². The van der Waals surface area contributed by atoms with E-state index < -0.39 is 0 Å². The molecule has 0 aromatic heterocycles. The lowest BCUT2D eigenvalue weighted by Crippen LogP contribution is -2.60. The van der Waals surface area contributed by atoms with Crippen LogP contribution >= 0.6 is 0 Å². The second kappa shape index (κ2) is 4.24. The Morgan fingerprint density at radius 3 is 2.50 bits per heavy atom. The summed E-state index contributed by atoms with van der Waals surface area (Å²) in [5, 5.41) is 2.33. The Bertz CT molecular complexity index is 574. The van der Waals surface area contributed by atoms with E-state index in [0.717, 1.165) is 16.7 Å². The molecule has 1 aliphatic heterocycles. The first-order valence-electron chi connectivity index (χ1n) is 5.91. The highest BCUT2D eigenvalue weighted by molar-refractivity contribution is 5.84. The second-order valence-corrected chi connectivity index (χ2v) is 4.65. The molecule has 0 atom stereocenters. The van der Waals surface area contributed by atoms with Crippen molar-refractivity contribution in [3.63, 3.8) is 0 Å². The Morgan fingerprint density at radius 2 is 1.89 bits per heavy atom.